The largest absolute Gasteiger partial charge is 0.423 e. The summed E-state index contributed by atoms with van der Waals surface area (Å²) in [7, 11) is 0. The van der Waals surface area contributed by atoms with E-state index in [0.717, 1.165) is 12.0 Å². The second-order valence-electron chi connectivity index (χ2n) is 6.23. The van der Waals surface area contributed by atoms with E-state index in [1.807, 2.05) is 6.92 Å². The Morgan fingerprint density at radius 3 is 2.79 bits per heavy atom. The number of carbonyl (C=O) groups is 2. The van der Waals surface area contributed by atoms with Crippen molar-refractivity contribution in [1.82, 2.24) is 0 Å². The standard InChI is InChI=1S/C15H18O4/c1-8-4-5-12(16)15(18)7-11-10(6-14(8,15)3)9(2)13(17)19-11/h7-8,18H,4-6H2,1-3H3. The van der Waals surface area contributed by atoms with Gasteiger partial charge in [-0.15, -0.1) is 0 Å². The minimum Gasteiger partial charge on any atom is -0.423 e. The van der Waals surface area contributed by atoms with Crippen molar-refractivity contribution < 1.29 is 19.4 Å². The van der Waals surface area contributed by atoms with Crippen LogP contribution in [0.3, 0.4) is 0 Å². The van der Waals surface area contributed by atoms with E-state index in [1.165, 1.54) is 6.08 Å². The smallest absolute Gasteiger partial charge is 0.339 e. The Balaban J connectivity index is 2.20. The summed E-state index contributed by atoms with van der Waals surface area (Å²) in [5, 5.41) is 10.9. The highest BCUT2D eigenvalue weighted by molar-refractivity contribution is 5.96. The molecule has 1 fully saturated rings. The Hall–Kier alpha value is -1.42. The fourth-order valence-electron chi connectivity index (χ4n) is 3.54. The van der Waals surface area contributed by atoms with Crippen molar-refractivity contribution in [2.45, 2.75) is 45.6 Å². The van der Waals surface area contributed by atoms with Crippen LogP contribution >= 0.6 is 0 Å². The number of ether oxygens (including phenoxy) is 1. The average Bonchev–Trinajstić information content (AvgIpc) is 2.61. The average molecular weight is 262 g/mol. The second-order valence-corrected chi connectivity index (χ2v) is 6.23. The van der Waals surface area contributed by atoms with Crippen molar-refractivity contribution in [2.75, 3.05) is 0 Å². The molecule has 3 unspecified atom stereocenters. The summed E-state index contributed by atoms with van der Waals surface area (Å²) in [4.78, 5) is 23.8. The number of hydrogen-bond acceptors (Lipinski definition) is 4. The Morgan fingerprint density at radius 1 is 1.42 bits per heavy atom. The van der Waals surface area contributed by atoms with Crippen LogP contribution in [0.5, 0.6) is 0 Å². The number of esters is 1. The summed E-state index contributed by atoms with van der Waals surface area (Å²) < 4.78 is 5.16. The summed E-state index contributed by atoms with van der Waals surface area (Å²) in [6, 6.07) is 0. The first-order valence-electron chi connectivity index (χ1n) is 6.70. The Labute approximate surface area is 112 Å². The quantitative estimate of drug-likeness (QED) is 0.677. The lowest BCUT2D eigenvalue weighted by atomic mass is 9.53. The second kappa shape index (κ2) is 3.57. The van der Waals surface area contributed by atoms with Crippen molar-refractivity contribution in [3.63, 3.8) is 0 Å². The van der Waals surface area contributed by atoms with Crippen LogP contribution in [0.2, 0.25) is 0 Å². The van der Waals surface area contributed by atoms with E-state index in [-0.39, 0.29) is 17.7 Å². The molecular formula is C15H18O4. The van der Waals surface area contributed by atoms with E-state index in [1.54, 1.807) is 6.92 Å². The number of fused-ring (bicyclic) bond motifs is 2. The van der Waals surface area contributed by atoms with Gasteiger partial charge in [0.25, 0.3) is 0 Å². The van der Waals surface area contributed by atoms with Crippen LogP contribution in [0.15, 0.2) is 23.0 Å². The molecule has 4 nitrogen and oxygen atoms in total. The first-order chi connectivity index (χ1) is 8.79. The van der Waals surface area contributed by atoms with Gasteiger partial charge < -0.3 is 9.84 Å². The van der Waals surface area contributed by atoms with Gasteiger partial charge in [-0.2, -0.15) is 0 Å². The maximum atomic E-state index is 12.2. The molecule has 19 heavy (non-hydrogen) atoms. The van der Waals surface area contributed by atoms with Gasteiger partial charge in [0.15, 0.2) is 11.4 Å². The van der Waals surface area contributed by atoms with Crippen molar-refractivity contribution in [1.29, 1.82) is 0 Å². The van der Waals surface area contributed by atoms with Crippen molar-refractivity contribution in [3.8, 4) is 0 Å². The number of ketones is 1. The molecule has 0 radical (unpaired) electrons. The van der Waals surface area contributed by atoms with Crippen LogP contribution in [-0.2, 0) is 14.3 Å². The highest BCUT2D eigenvalue weighted by Gasteiger charge is 2.60. The number of hydrogen-bond donors (Lipinski definition) is 1. The van der Waals surface area contributed by atoms with E-state index in [0.29, 0.717) is 24.2 Å². The number of carbonyl (C=O) groups excluding carboxylic acids is 2. The minimum atomic E-state index is -1.51. The van der Waals surface area contributed by atoms with Gasteiger partial charge in [-0.3, -0.25) is 4.79 Å². The van der Waals surface area contributed by atoms with E-state index in [2.05, 4.69) is 6.92 Å². The van der Waals surface area contributed by atoms with Crippen LogP contribution in [0.1, 0.15) is 40.0 Å². The number of rotatable bonds is 0. The van der Waals surface area contributed by atoms with Crippen molar-refractivity contribution in [2.24, 2.45) is 11.3 Å². The molecule has 2 aliphatic carbocycles. The predicted molar refractivity (Wildman–Crippen MR) is 68.0 cm³/mol. The van der Waals surface area contributed by atoms with Crippen LogP contribution in [0.4, 0.5) is 0 Å². The third-order valence-corrected chi connectivity index (χ3v) is 5.33. The summed E-state index contributed by atoms with van der Waals surface area (Å²) in [5.74, 6) is 0.0568. The van der Waals surface area contributed by atoms with Gasteiger partial charge >= 0.3 is 5.97 Å². The number of aliphatic hydroxyl groups is 1. The molecule has 1 heterocycles. The lowest BCUT2D eigenvalue weighted by Crippen LogP contribution is -2.59. The topological polar surface area (TPSA) is 63.6 Å². The van der Waals surface area contributed by atoms with Crippen molar-refractivity contribution in [3.05, 3.63) is 23.0 Å². The zero-order chi connectivity index (χ0) is 14.0. The molecule has 1 aliphatic heterocycles. The van der Waals surface area contributed by atoms with Gasteiger partial charge in [0, 0.05) is 23.0 Å². The van der Waals surface area contributed by atoms with E-state index in [4.69, 9.17) is 4.74 Å². The van der Waals surface area contributed by atoms with Gasteiger partial charge in [0.1, 0.15) is 5.76 Å². The molecule has 3 rings (SSSR count). The molecule has 0 aromatic carbocycles. The zero-order valence-electron chi connectivity index (χ0n) is 11.4. The number of allylic oxidation sites excluding steroid dienone is 1. The van der Waals surface area contributed by atoms with Gasteiger partial charge in [-0.05, 0) is 31.8 Å². The highest BCUT2D eigenvalue weighted by atomic mass is 16.5. The van der Waals surface area contributed by atoms with Crippen LogP contribution in [0, 0.1) is 11.3 Å². The maximum absolute atomic E-state index is 12.2. The molecule has 3 aliphatic rings. The molecule has 0 spiro atoms. The monoisotopic (exact) mass is 262 g/mol. The molecule has 0 bridgehead atoms. The van der Waals surface area contributed by atoms with E-state index < -0.39 is 11.0 Å². The Bertz CT molecular complexity index is 556. The molecule has 0 saturated heterocycles. The van der Waals surface area contributed by atoms with Crippen molar-refractivity contribution >= 4 is 11.8 Å². The summed E-state index contributed by atoms with van der Waals surface area (Å²) in [6.45, 7) is 5.73. The summed E-state index contributed by atoms with van der Waals surface area (Å²) >= 11 is 0. The number of Topliss-reactive ketones (excluding diaryl/α,β-unsaturated/α-hetero) is 1. The lowest BCUT2D eigenvalue weighted by Gasteiger charge is -2.52. The van der Waals surface area contributed by atoms with Gasteiger partial charge in [0.05, 0.1) is 0 Å². The molecule has 0 amide bonds. The third kappa shape index (κ3) is 1.38. The normalized spacial score (nSPS) is 41.7. The van der Waals surface area contributed by atoms with Gasteiger partial charge in [-0.25, -0.2) is 4.79 Å². The molecule has 0 aromatic heterocycles. The fourth-order valence-corrected chi connectivity index (χ4v) is 3.54. The van der Waals surface area contributed by atoms with Gasteiger partial charge in [-0.1, -0.05) is 13.8 Å². The molecule has 1 N–H and O–H groups in total. The molecule has 1 saturated carbocycles. The minimum absolute atomic E-state index is 0.166. The van der Waals surface area contributed by atoms with E-state index in [9.17, 15) is 14.7 Å². The molecule has 0 aromatic rings. The first kappa shape index (κ1) is 12.6. The molecule has 102 valence electrons. The first-order valence-corrected chi connectivity index (χ1v) is 6.70. The molecule has 4 heteroatoms. The van der Waals surface area contributed by atoms with Crippen LogP contribution in [0.25, 0.3) is 0 Å². The SMILES string of the molecule is CC1=C2CC3(C)C(C)CCC(=O)C3(O)C=C2OC1=O. The third-order valence-electron chi connectivity index (χ3n) is 5.33. The Kier molecular flexibility index (Phi) is 2.37. The van der Waals surface area contributed by atoms with E-state index >= 15 is 0 Å². The molecular weight excluding hydrogens is 244 g/mol. The predicted octanol–water partition coefficient (Wildman–Crippen LogP) is 1.88. The molecule has 3 atom stereocenters. The van der Waals surface area contributed by atoms with Crippen LogP contribution < -0.4 is 0 Å². The van der Waals surface area contributed by atoms with Gasteiger partial charge in [0.2, 0.25) is 0 Å². The summed E-state index contributed by atoms with van der Waals surface area (Å²) in [6.07, 6.45) is 3.14. The highest BCUT2D eigenvalue weighted by Crippen LogP contribution is 2.56. The van der Waals surface area contributed by atoms with Crippen LogP contribution in [-0.4, -0.2) is 22.5 Å². The zero-order valence-corrected chi connectivity index (χ0v) is 11.4. The lowest BCUT2D eigenvalue weighted by molar-refractivity contribution is -0.158. The maximum Gasteiger partial charge on any atom is 0.339 e. The fraction of sp³-hybridized carbons (Fsp3) is 0.600. The summed E-state index contributed by atoms with van der Waals surface area (Å²) in [5.41, 5.74) is -0.622. The Morgan fingerprint density at radius 2 is 2.11 bits per heavy atom.